The van der Waals surface area contributed by atoms with Gasteiger partial charge in [0.2, 0.25) is 8.59 Å². The van der Waals surface area contributed by atoms with Crippen LogP contribution in [0.4, 0.5) is 5.82 Å². The number of phosphoric acid groups is 3. The number of phosphoric ester groups is 1. The summed E-state index contributed by atoms with van der Waals surface area (Å²) >= 11 is 0. The summed E-state index contributed by atoms with van der Waals surface area (Å²) in [7, 11) is -18.2. The first kappa shape index (κ1) is 10.1. The summed E-state index contributed by atoms with van der Waals surface area (Å²) < 4.78 is 175. The molecule has 0 saturated carbocycles. The molecule has 0 spiro atoms. The Morgan fingerprint density at radius 3 is 2.69 bits per heavy atom. The van der Waals surface area contributed by atoms with Crippen molar-refractivity contribution in [2.24, 2.45) is 0 Å². The molecule has 2 heterocycles. The second-order valence-electron chi connectivity index (χ2n) is 4.38. The van der Waals surface area contributed by atoms with Crippen molar-refractivity contribution >= 4 is 29.3 Å². The zero-order valence-electron chi connectivity index (χ0n) is 28.9. The zero-order valence-corrected chi connectivity index (χ0v) is 15.6. The van der Waals surface area contributed by atoms with Crippen LogP contribution >= 0.6 is 23.5 Å². The molecule has 0 radical (unpaired) electrons. The Morgan fingerprint density at radius 2 is 2.07 bits per heavy atom. The van der Waals surface area contributed by atoms with Gasteiger partial charge < -0.3 is 40.3 Å². The zero-order chi connectivity index (χ0) is 35.2. The van der Waals surface area contributed by atoms with E-state index in [1.165, 1.54) is 0 Å². The first-order valence-corrected chi connectivity index (χ1v) is 10.6. The minimum Gasteiger partial charge on any atom is -0.387 e. The van der Waals surface area contributed by atoms with Crippen molar-refractivity contribution in [3.8, 4) is 0 Å². The van der Waals surface area contributed by atoms with Gasteiger partial charge in [-0.2, -0.15) is 13.6 Å². The van der Waals surface area contributed by atoms with E-state index in [9.17, 15) is 18.5 Å². The highest BCUT2D eigenvalue weighted by molar-refractivity contribution is 7.66. The number of aliphatic hydroxyl groups is 2. The van der Waals surface area contributed by atoms with Gasteiger partial charge in [-0.25, -0.2) is 18.5 Å². The Bertz CT molecular complexity index is 1490. The molecule has 6 atom stereocenters. The number of rotatable bonds is 15. The number of hydrogen-bond acceptors (Lipinski definition) is 16. The third-order valence-corrected chi connectivity index (χ3v) is 5.85. The van der Waals surface area contributed by atoms with Gasteiger partial charge in [0.1, 0.15) is 24.1 Å². The highest BCUT2D eigenvalue weighted by Gasteiger charge is 2.46. The van der Waals surface area contributed by atoms with E-state index in [4.69, 9.17) is 27.1 Å². The van der Waals surface area contributed by atoms with Crippen molar-refractivity contribution in [3.63, 3.8) is 0 Å². The van der Waals surface area contributed by atoms with E-state index in [2.05, 4.69) is 47.9 Å². The van der Waals surface area contributed by atoms with E-state index in [0.717, 1.165) is 0 Å². The molecule has 29 heavy (non-hydrogen) atoms. The van der Waals surface area contributed by atoms with Gasteiger partial charge in [-0.3, -0.25) is 9.09 Å². The average Bonchev–Trinajstić information content (AvgIpc) is 3.10. The molecule has 2 rings (SSSR count). The maximum absolute atomic E-state index is 13.0. The number of aromatic nitrogens is 2. The number of hydrogen-bond donors (Lipinski definition) is 7. The Balaban J connectivity index is 2.80. The summed E-state index contributed by atoms with van der Waals surface area (Å²) in [5.74, 6) is -1.17. The molecule has 0 bridgehead atoms. The maximum Gasteiger partial charge on any atom is 0.490 e. The fraction of sp³-hybridized carbons (Fsp3) is 0.556. The standard InChI is InChI=1S/C9H16N3O14P3/c10-5-1-2-12(9(15)11-5)8-7(14)6(13)4(24-8)3-23-28(19,20)26-29(21,22)25-27(16,17)18/h1-2,4,6-8,13-14H,3H2,(H,19,20)(H,21,22)(H2,10,11,15)(H2,16,17,18)/t4-,6-,7-,8-/m1/s1/i1T,2T,3T2,4T,6T,7T,8T,13T,14T/hT6. The molecule has 20 heteroatoms. The Labute approximate surface area is 183 Å². The average molecular weight is 515 g/mol. The van der Waals surface area contributed by atoms with Crippen molar-refractivity contribution in [2.75, 3.05) is 12.3 Å². The molecule has 2 unspecified atom stereocenters. The van der Waals surface area contributed by atoms with Crippen LogP contribution in [0.25, 0.3) is 0 Å². The molecule has 1 aromatic heterocycles. The van der Waals surface area contributed by atoms with E-state index in [0.29, 0.717) is 0 Å². The van der Waals surface area contributed by atoms with Crippen molar-refractivity contribution in [1.82, 2.24) is 9.55 Å². The largest absolute Gasteiger partial charge is 0.490 e. The van der Waals surface area contributed by atoms with Crippen molar-refractivity contribution < 1.29 is 75.2 Å². The van der Waals surface area contributed by atoms with Gasteiger partial charge in [0.15, 0.2) is 9.03 Å². The number of nitrogens with two attached hydrogens (primary N) is 1. The number of nitrogen functional groups attached to an aromatic ring is 1. The molecule has 17 nitrogen and oxygen atoms in total. The third-order valence-electron chi connectivity index (χ3n) is 2.33. The summed E-state index contributed by atoms with van der Waals surface area (Å²) in [5, 5.41) is 7.88. The van der Waals surface area contributed by atoms with Crippen LogP contribution in [-0.2, 0) is 31.6 Å². The fourth-order valence-electron chi connectivity index (χ4n) is 1.44. The Kier molecular flexibility index (Phi) is 2.99. The van der Waals surface area contributed by atoms with Crippen LogP contribution in [0.3, 0.4) is 0 Å². The maximum atomic E-state index is 13.0. The van der Waals surface area contributed by atoms with Crippen molar-refractivity contribution in [2.45, 2.75) is 24.4 Å². The van der Waals surface area contributed by atoms with Gasteiger partial charge >= 0.3 is 29.2 Å². The number of anilines is 1. The van der Waals surface area contributed by atoms with Crippen LogP contribution in [0.1, 0.15) is 17.2 Å². The summed E-state index contributed by atoms with van der Waals surface area (Å²) in [6.45, 7) is -4.64. The van der Waals surface area contributed by atoms with Gasteiger partial charge in [-0.15, -0.1) is 0 Å². The second kappa shape index (κ2) is 8.61. The van der Waals surface area contributed by atoms with E-state index < -0.39 is 88.5 Å². The minimum absolute atomic E-state index is 0.442. The van der Waals surface area contributed by atoms with Crippen LogP contribution in [0.2, 0.25) is 2.82 Å². The smallest absolute Gasteiger partial charge is 0.387 e. The topological polar surface area (TPSA) is 270 Å². The highest BCUT2D eigenvalue weighted by Crippen LogP contribution is 2.66. The normalized spacial score (nSPS) is 47.4. The molecule has 0 aromatic carbocycles. The van der Waals surface area contributed by atoms with Gasteiger partial charge in [-0.05, 0) is 6.04 Å². The molecule has 0 amide bonds. The van der Waals surface area contributed by atoms with Crippen molar-refractivity contribution in [3.05, 3.63) is 22.7 Å². The van der Waals surface area contributed by atoms with Crippen molar-refractivity contribution in [1.29, 1.82) is 8.59 Å². The number of ether oxygens (including phenoxy) is 1. The molecule has 0 aliphatic carbocycles. The SMILES string of the molecule is [3H]O[C@@]1([3H])[C@@]([3H])(O[3H])[C@]([3H])(n2c([3H])c([3H])c(N([3H])[3H])nc2=O)O[C@]1([3H])C([3H])([3H])OP(=O)(O[3H])OP(=O)(O[3H])OP(=O)(O[3H])O[3H]. The number of nitrogens with zero attached hydrogens (tertiary/aromatic N) is 2. The second-order valence-corrected chi connectivity index (χ2v) is 8.56. The molecular weight excluding hydrogens is 467 g/mol. The van der Waals surface area contributed by atoms with E-state index >= 15 is 0 Å². The van der Waals surface area contributed by atoms with Gasteiger partial charge in [0.05, 0.1) is 17.5 Å². The van der Waals surface area contributed by atoms with E-state index in [1.807, 2.05) is 0 Å². The Morgan fingerprint density at radius 1 is 1.31 bits per heavy atom. The lowest BCUT2D eigenvalue weighted by Gasteiger charge is -2.19. The monoisotopic (exact) mass is 515 g/mol. The molecule has 1 saturated heterocycles. The van der Waals surface area contributed by atoms with E-state index in [1.54, 1.807) is 0 Å². The molecular formula is C9H16N3O14P3. The van der Waals surface area contributed by atoms with Crippen LogP contribution in [-0.4, -0.2) is 72.7 Å². The minimum atomic E-state index is -6.44. The fourth-order valence-corrected chi connectivity index (χ4v) is 4.11. The molecule has 166 valence electrons. The molecule has 1 aliphatic rings. The summed E-state index contributed by atoms with van der Waals surface area (Å²) in [6.07, 6.45) is -19.0. The summed E-state index contributed by atoms with van der Waals surface area (Å²) in [5.41, 5.74) is -2.44. The first-order chi connectivity index (χ1) is 20.4. The van der Waals surface area contributed by atoms with Gasteiger partial charge in [-0.1, -0.05) is 0 Å². The predicted molar refractivity (Wildman–Crippen MR) is 88.6 cm³/mol. The van der Waals surface area contributed by atoms with Gasteiger partial charge in [0.25, 0.3) is 0 Å². The molecule has 8 N–H and O–H groups in total. The van der Waals surface area contributed by atoms with Crippen LogP contribution in [0, 0.1) is 0 Å². The Hall–Kier alpha value is -1.03. The van der Waals surface area contributed by atoms with Crippen LogP contribution < -0.4 is 11.4 Å². The van der Waals surface area contributed by atoms with Gasteiger partial charge in [0, 0.05) is 6.17 Å². The summed E-state index contributed by atoms with van der Waals surface area (Å²) in [4.78, 5) is 29.3. The lowest BCUT2D eigenvalue weighted by Crippen LogP contribution is -2.36. The highest BCUT2D eigenvalue weighted by atomic mass is 31.3. The third kappa shape index (κ3) is 6.73. The first-order valence-electron chi connectivity index (χ1n) is 13.6. The molecule has 1 fully saturated rings. The lowest BCUT2D eigenvalue weighted by atomic mass is 10.1. The van der Waals surface area contributed by atoms with Crippen LogP contribution in [0.15, 0.2) is 17.0 Å². The predicted octanol–water partition coefficient (Wildman–Crippen LogP) is -2.21. The van der Waals surface area contributed by atoms with Crippen LogP contribution in [0.5, 0.6) is 0 Å². The lowest BCUT2D eigenvalue weighted by molar-refractivity contribution is -0.0541. The quantitative estimate of drug-likeness (QED) is 0.122. The molecule has 1 aromatic rings. The van der Waals surface area contributed by atoms with E-state index in [-0.39, 0.29) is 0 Å². The summed E-state index contributed by atoms with van der Waals surface area (Å²) in [6, 6.07) is -1.34. The molecule has 1 aliphatic heterocycles.